The first kappa shape index (κ1) is 93.8. The highest BCUT2D eigenvalue weighted by molar-refractivity contribution is 7.80. The molecule has 2 saturated heterocycles. The van der Waals surface area contributed by atoms with Crippen LogP contribution in [0.15, 0.2) is 182 Å². The lowest BCUT2D eigenvalue weighted by molar-refractivity contribution is -0.155. The number of unbranched alkanes of at least 4 members (excludes halogenated alkanes) is 4. The number of carboxylic acid groups (broad SMARTS) is 1. The molecule has 0 spiro atoms. The molecule has 4 aliphatic heterocycles. The van der Waals surface area contributed by atoms with E-state index in [1.807, 2.05) is 63.2 Å². The van der Waals surface area contributed by atoms with Crippen molar-refractivity contribution in [1.82, 2.24) is 41.0 Å². The first-order chi connectivity index (χ1) is 62.2. The third kappa shape index (κ3) is 23.7. The molecule has 13 N–H and O–H groups in total. The number of hydrogen-bond acceptors (Lipinski definition) is 26. The molecule has 6 heterocycles. The van der Waals surface area contributed by atoms with Gasteiger partial charge < -0.3 is 70.6 Å². The Morgan fingerprint density at radius 1 is 0.492 bits per heavy atom. The van der Waals surface area contributed by atoms with Gasteiger partial charge in [0.25, 0.3) is 47.3 Å². The van der Waals surface area contributed by atoms with Gasteiger partial charge in [-0.3, -0.25) is 106 Å². The molecule has 2 aromatic heterocycles. The van der Waals surface area contributed by atoms with Crippen molar-refractivity contribution in [2.24, 2.45) is 11.5 Å². The van der Waals surface area contributed by atoms with Crippen molar-refractivity contribution in [2.45, 2.75) is 116 Å². The number of aromatic nitrogens is 2. The number of esters is 1. The predicted molar refractivity (Wildman–Crippen MR) is 473 cm³/mol. The summed E-state index contributed by atoms with van der Waals surface area (Å²) in [5, 5.41) is 26.5. The van der Waals surface area contributed by atoms with Crippen LogP contribution < -0.4 is 62.3 Å². The minimum atomic E-state index is -2.48. The van der Waals surface area contributed by atoms with E-state index in [0.717, 1.165) is 44.9 Å². The average molecular weight is 1810 g/mol. The summed E-state index contributed by atoms with van der Waals surface area (Å²) in [7, 11) is 0. The number of Topliss-reactive ketones (excluding diaryl/α,β-unsaturated/α-hetero) is 1. The van der Waals surface area contributed by atoms with E-state index in [2.05, 4.69) is 51.3 Å². The SMILES string of the molecule is CC(C)(C)OC(=O)CCCCCNC(=O)c1ccc(-c2ccc3ncc(C(N)=O)c(Nc4ccc(NS(=O)[O-])cc4)c3c2)cc1.NC(=O)c1cnc2ccc(-c3ccc(C(=O)NCCCCCC(=O)COc4cccc5c4C(=O)N(C4CCC(=O)NC4=O)C5=O)cc3)cc2c1Nc1ccc(NS(=O)[O-])cc1.O=C(O)COc1cccc2c1C(=O)N(C1CCC(=O)NC1=O)C2=O. The quantitative estimate of drug-likeness (QED) is 0.00773. The molecule has 39 heteroatoms. The summed E-state index contributed by atoms with van der Waals surface area (Å²) < 4.78 is 64.4. The summed E-state index contributed by atoms with van der Waals surface area (Å²) in [6.45, 7) is 5.42. The van der Waals surface area contributed by atoms with Crippen LogP contribution in [0.5, 0.6) is 11.5 Å². The smallest absolute Gasteiger partial charge is 0.341 e. The summed E-state index contributed by atoms with van der Waals surface area (Å²) in [5.74, 6) is -8.61. The van der Waals surface area contributed by atoms with Crippen molar-refractivity contribution >= 4 is 167 Å². The lowest BCUT2D eigenvalue weighted by Gasteiger charge is -2.27. The number of primary amides is 2. The third-order valence-electron chi connectivity index (χ3n) is 20.7. The van der Waals surface area contributed by atoms with Crippen molar-refractivity contribution in [3.05, 3.63) is 227 Å². The number of ketones is 1. The summed E-state index contributed by atoms with van der Waals surface area (Å²) in [6, 6.07) is 44.8. The average Bonchev–Trinajstić information content (AvgIpc) is 1.65. The zero-order valence-corrected chi connectivity index (χ0v) is 71.6. The fourth-order valence-corrected chi connectivity index (χ4v) is 15.2. The molecule has 0 bridgehead atoms. The number of fused-ring (bicyclic) bond motifs is 4. The summed E-state index contributed by atoms with van der Waals surface area (Å²) in [5.41, 5.74) is 19.5. The van der Waals surface area contributed by atoms with E-state index >= 15 is 0 Å². The van der Waals surface area contributed by atoms with E-state index < -0.39 is 112 Å². The van der Waals surface area contributed by atoms with Gasteiger partial charge in [0.2, 0.25) is 23.6 Å². The van der Waals surface area contributed by atoms with Gasteiger partial charge in [0.05, 0.1) is 55.8 Å². The summed E-state index contributed by atoms with van der Waals surface area (Å²) >= 11 is -4.92. The first-order valence-electron chi connectivity index (χ1n) is 40.8. The molecule has 37 nitrogen and oxygen atoms in total. The second-order valence-electron chi connectivity index (χ2n) is 31.0. The molecular weight excluding hydrogens is 1720 g/mol. The molecule has 4 unspecified atom stereocenters. The number of anilines is 6. The molecular formula is C91H86N14O23S2-2. The number of piperidine rings is 2. The molecule has 672 valence electrons. The first-order valence-corrected chi connectivity index (χ1v) is 42.9. The van der Waals surface area contributed by atoms with Crippen LogP contribution in [-0.4, -0.2) is 175 Å². The number of carboxylic acids is 1. The van der Waals surface area contributed by atoms with Crippen LogP contribution in [0.4, 0.5) is 34.1 Å². The van der Waals surface area contributed by atoms with Gasteiger partial charge in [-0.1, -0.05) is 61.4 Å². The van der Waals surface area contributed by atoms with E-state index in [0.29, 0.717) is 112 Å². The number of nitrogens with two attached hydrogens (primary N) is 2. The van der Waals surface area contributed by atoms with E-state index in [1.165, 1.54) is 48.8 Å². The van der Waals surface area contributed by atoms with Crippen molar-refractivity contribution < 1.29 is 109 Å². The lowest BCUT2D eigenvalue weighted by Crippen LogP contribution is -2.54. The van der Waals surface area contributed by atoms with Crippen LogP contribution in [0.25, 0.3) is 44.1 Å². The van der Waals surface area contributed by atoms with Crippen LogP contribution >= 0.6 is 0 Å². The number of nitrogens with zero attached hydrogens (tertiary/aromatic N) is 4. The van der Waals surface area contributed by atoms with Crippen molar-refractivity contribution in [3.63, 3.8) is 0 Å². The number of pyridine rings is 2. The van der Waals surface area contributed by atoms with Crippen molar-refractivity contribution in [2.75, 3.05) is 46.4 Å². The Kier molecular flexibility index (Phi) is 30.5. The van der Waals surface area contributed by atoms with Gasteiger partial charge in [0, 0.05) is 118 Å². The number of amides is 12. The Hall–Kier alpha value is -15.4. The van der Waals surface area contributed by atoms with Crippen LogP contribution in [-0.2, 0) is 60.8 Å². The number of rotatable bonds is 34. The molecule has 14 rings (SSSR count). The number of hydrogen-bond donors (Lipinski definition) is 11. The highest BCUT2D eigenvalue weighted by atomic mass is 32.2. The number of carbonyl (C=O) groups is 15. The maximum Gasteiger partial charge on any atom is 0.341 e. The normalized spacial score (nSPS) is 15.0. The molecule has 10 aromatic rings. The molecule has 0 aliphatic carbocycles. The van der Waals surface area contributed by atoms with Crippen LogP contribution in [0.2, 0.25) is 0 Å². The van der Waals surface area contributed by atoms with Crippen LogP contribution in [0.1, 0.15) is 181 Å². The second-order valence-corrected chi connectivity index (χ2v) is 32.3. The van der Waals surface area contributed by atoms with E-state index in [1.54, 1.807) is 91.0 Å². The number of ether oxygens (including phenoxy) is 3. The zero-order valence-electron chi connectivity index (χ0n) is 70.0. The minimum absolute atomic E-state index is 0.00315. The number of benzene rings is 8. The van der Waals surface area contributed by atoms with E-state index in [4.69, 9.17) is 30.8 Å². The Labute approximate surface area is 746 Å². The van der Waals surface area contributed by atoms with Gasteiger partial charge in [-0.25, -0.2) is 4.79 Å². The Balaban J connectivity index is 0.000000193. The van der Waals surface area contributed by atoms with Gasteiger partial charge in [-0.15, -0.1) is 0 Å². The number of carbonyl (C=O) groups excluding carboxylic acids is 14. The van der Waals surface area contributed by atoms with Crippen LogP contribution in [0.3, 0.4) is 0 Å². The third-order valence-corrected chi connectivity index (χ3v) is 21.5. The molecule has 0 radical (unpaired) electrons. The molecule has 2 fully saturated rings. The van der Waals surface area contributed by atoms with Gasteiger partial charge in [-0.2, -0.15) is 0 Å². The molecule has 8 aromatic carbocycles. The Bertz CT molecular complexity index is 6210. The molecule has 4 atom stereocenters. The highest BCUT2D eigenvalue weighted by Crippen LogP contribution is 2.39. The minimum Gasteiger partial charge on any atom is -0.755 e. The number of aliphatic carboxylic acids is 1. The van der Waals surface area contributed by atoms with Crippen molar-refractivity contribution in [1.29, 1.82) is 0 Å². The molecule has 4 aliphatic rings. The number of imide groups is 4. The Morgan fingerprint density at radius 2 is 0.885 bits per heavy atom. The maximum atomic E-state index is 13.3. The lowest BCUT2D eigenvalue weighted by atomic mass is 9.99. The summed E-state index contributed by atoms with van der Waals surface area (Å²) in [6.07, 6.45) is 7.51. The molecule has 12 amide bonds. The fraction of sp³-hybridized carbons (Fsp3) is 0.242. The van der Waals surface area contributed by atoms with Gasteiger partial charge in [0.1, 0.15) is 35.8 Å². The zero-order chi connectivity index (χ0) is 93.2. The molecule has 0 saturated carbocycles. The Morgan fingerprint density at radius 3 is 1.27 bits per heavy atom. The van der Waals surface area contributed by atoms with Gasteiger partial charge in [0.15, 0.2) is 12.4 Å². The molecule has 130 heavy (non-hydrogen) atoms. The van der Waals surface area contributed by atoms with Crippen molar-refractivity contribution in [3.8, 4) is 33.8 Å². The monoisotopic (exact) mass is 1810 g/mol. The predicted octanol–water partition coefficient (Wildman–Crippen LogP) is 9.42. The van der Waals surface area contributed by atoms with E-state index in [9.17, 15) is 89.4 Å². The standard InChI is InChI=1S/C43H39N7O10S.C33H37N5O6S.C15H12N2O7/c44-39(53)32-22-46-33-17-12-26(21-31(33)38(32)47-27-13-15-28(16-14-27)49-61(58)59)24-8-10-25(11-9-24)40(54)45-20-3-1-2-5-29(51)23-60-35-7-4-6-30-37(35)43(57)50(42(30)56)34-18-19-36(52)48-41(34)55;1-33(2,3)44-29(39)7-5-4-6-18-35-32(41)22-10-8-21(9-11-22)23-12-17-28-26(19-23)30(27(20-36-28)31(34)40)37-24-13-15-25(16-14-24)38-45(42)43;18-10-5-4-8(13(21)16-10)17-14(22)7-2-1-3-9(12(7)15(17)23)24-6-11(19)20/h4,6-17,21-22,34,49H,1-3,5,18-20,23H2,(H2,44,53)(H,45,54)(H,46,47)(H,58,59)(H,48,52,55);8-17,19-20,38H,4-7,18H2,1-3H3,(H2,34,40)(H,35,41)(H,36,37)(H,42,43);1-3,8H,4-6H2,(H,19,20)(H,16,18,21)/p-2. The topological polar surface area (TPSA) is 565 Å². The fourth-order valence-electron chi connectivity index (χ4n) is 14.5. The second kappa shape index (κ2) is 42.3. The largest absolute Gasteiger partial charge is 0.755 e. The summed E-state index contributed by atoms with van der Waals surface area (Å²) in [4.78, 5) is 194. The van der Waals surface area contributed by atoms with Gasteiger partial charge in [-0.05, 0) is 203 Å². The highest BCUT2D eigenvalue weighted by Gasteiger charge is 2.48. The maximum absolute atomic E-state index is 13.3. The number of nitrogens with one attached hydrogen (secondary N) is 8. The van der Waals surface area contributed by atoms with Crippen LogP contribution in [0, 0.1) is 0 Å². The van der Waals surface area contributed by atoms with E-state index in [-0.39, 0.29) is 107 Å². The van der Waals surface area contributed by atoms with Gasteiger partial charge >= 0.3 is 11.9 Å².